The predicted octanol–water partition coefficient (Wildman–Crippen LogP) is 4.08. The quantitative estimate of drug-likeness (QED) is 0.595. The standard InChI is InChI=1S/C19H20BrN5O2/c20-14-3-4-16-17(8-14)24-18(10-22-16)13-9-23-25(11-13)15-6-12(7-15)2-1-5-27-19(21)26/h3-4,8-12,15H,1-2,5-7H2,(H2,21,26). The lowest BCUT2D eigenvalue weighted by molar-refractivity contribution is 0.135. The minimum absolute atomic E-state index is 0.402. The van der Waals surface area contributed by atoms with Gasteiger partial charge >= 0.3 is 6.09 Å². The highest BCUT2D eigenvalue weighted by atomic mass is 79.9. The van der Waals surface area contributed by atoms with Crippen LogP contribution in [0.4, 0.5) is 4.79 Å². The molecule has 27 heavy (non-hydrogen) atoms. The molecule has 0 saturated heterocycles. The molecule has 1 saturated carbocycles. The zero-order valence-corrected chi connectivity index (χ0v) is 16.3. The lowest BCUT2D eigenvalue weighted by Crippen LogP contribution is -2.27. The second-order valence-corrected chi connectivity index (χ2v) is 7.81. The van der Waals surface area contributed by atoms with Gasteiger partial charge in [0.2, 0.25) is 0 Å². The second kappa shape index (κ2) is 7.64. The fourth-order valence-corrected chi connectivity index (χ4v) is 3.84. The van der Waals surface area contributed by atoms with Gasteiger partial charge in [-0.1, -0.05) is 15.9 Å². The first-order chi connectivity index (χ1) is 13.1. The third-order valence-electron chi connectivity index (χ3n) is 4.99. The number of rotatable bonds is 6. The lowest BCUT2D eigenvalue weighted by Gasteiger charge is -2.35. The first-order valence-electron chi connectivity index (χ1n) is 8.97. The van der Waals surface area contributed by atoms with Crippen molar-refractivity contribution in [2.45, 2.75) is 31.7 Å². The van der Waals surface area contributed by atoms with Crippen LogP contribution in [0.15, 0.2) is 41.3 Å². The van der Waals surface area contributed by atoms with E-state index in [1.165, 1.54) is 0 Å². The maximum atomic E-state index is 10.5. The molecule has 1 amide bonds. The largest absolute Gasteiger partial charge is 0.450 e. The van der Waals surface area contributed by atoms with Gasteiger partial charge in [-0.2, -0.15) is 5.10 Å². The van der Waals surface area contributed by atoms with Crippen LogP contribution in [0.3, 0.4) is 0 Å². The van der Waals surface area contributed by atoms with Crippen LogP contribution >= 0.6 is 15.9 Å². The molecule has 0 unspecified atom stereocenters. The third-order valence-corrected chi connectivity index (χ3v) is 5.48. The number of halogens is 1. The number of hydrogen-bond donors (Lipinski definition) is 1. The highest BCUT2D eigenvalue weighted by Gasteiger charge is 2.30. The first-order valence-corrected chi connectivity index (χ1v) is 9.77. The van der Waals surface area contributed by atoms with Crippen molar-refractivity contribution in [3.63, 3.8) is 0 Å². The number of hydrogen-bond acceptors (Lipinski definition) is 5. The van der Waals surface area contributed by atoms with E-state index in [0.29, 0.717) is 18.6 Å². The average Bonchev–Trinajstić information content (AvgIpc) is 3.08. The summed E-state index contributed by atoms with van der Waals surface area (Å²) in [6.07, 6.45) is 9.07. The van der Waals surface area contributed by atoms with E-state index in [1.54, 1.807) is 6.20 Å². The van der Waals surface area contributed by atoms with Crippen LogP contribution in [0, 0.1) is 5.92 Å². The maximum absolute atomic E-state index is 10.5. The van der Waals surface area contributed by atoms with Gasteiger partial charge in [0.25, 0.3) is 0 Å². The van der Waals surface area contributed by atoms with Crippen LogP contribution in [0.2, 0.25) is 0 Å². The molecule has 1 aliphatic rings. The van der Waals surface area contributed by atoms with Crippen molar-refractivity contribution in [3.05, 3.63) is 41.3 Å². The van der Waals surface area contributed by atoms with Crippen molar-refractivity contribution < 1.29 is 9.53 Å². The summed E-state index contributed by atoms with van der Waals surface area (Å²) in [5, 5.41) is 4.52. The fourth-order valence-electron chi connectivity index (χ4n) is 3.49. The first kappa shape index (κ1) is 17.9. The molecule has 2 heterocycles. The van der Waals surface area contributed by atoms with Gasteiger partial charge in [-0.05, 0) is 49.8 Å². The number of aromatic nitrogens is 4. The Kier molecular flexibility index (Phi) is 5.07. The summed E-state index contributed by atoms with van der Waals surface area (Å²) in [6, 6.07) is 6.29. The van der Waals surface area contributed by atoms with Gasteiger partial charge in [-0.25, -0.2) is 9.78 Å². The zero-order valence-electron chi connectivity index (χ0n) is 14.7. The van der Waals surface area contributed by atoms with Crippen molar-refractivity contribution in [2.75, 3.05) is 6.61 Å². The number of nitrogens with zero attached hydrogens (tertiary/aromatic N) is 4. The molecule has 0 bridgehead atoms. The molecular formula is C19H20BrN5O2. The summed E-state index contributed by atoms with van der Waals surface area (Å²) in [7, 11) is 0. The number of fused-ring (bicyclic) bond motifs is 1. The van der Waals surface area contributed by atoms with Gasteiger partial charge in [0.15, 0.2) is 0 Å². The minimum Gasteiger partial charge on any atom is -0.450 e. The molecule has 140 valence electrons. The molecule has 1 aromatic carbocycles. The highest BCUT2D eigenvalue weighted by Crippen LogP contribution is 2.40. The van der Waals surface area contributed by atoms with Crippen molar-refractivity contribution in [3.8, 4) is 11.3 Å². The molecule has 4 rings (SSSR count). The van der Waals surface area contributed by atoms with Gasteiger partial charge < -0.3 is 10.5 Å². The van der Waals surface area contributed by atoms with E-state index in [2.05, 4.69) is 26.0 Å². The van der Waals surface area contributed by atoms with Gasteiger partial charge in [-0.15, -0.1) is 0 Å². The third kappa shape index (κ3) is 4.10. The van der Waals surface area contributed by atoms with E-state index in [0.717, 1.165) is 52.4 Å². The number of carbonyl (C=O) groups is 1. The second-order valence-electron chi connectivity index (χ2n) is 6.90. The lowest BCUT2D eigenvalue weighted by atomic mass is 9.77. The van der Waals surface area contributed by atoms with Gasteiger partial charge in [0.1, 0.15) is 0 Å². The van der Waals surface area contributed by atoms with Gasteiger partial charge in [-0.3, -0.25) is 9.67 Å². The molecule has 2 aromatic heterocycles. The average molecular weight is 430 g/mol. The van der Waals surface area contributed by atoms with Crippen LogP contribution in [-0.2, 0) is 4.74 Å². The SMILES string of the molecule is NC(=O)OCCCC1CC(n2cc(-c3cnc4ccc(Br)cc4n3)cn2)C1. The number of nitrogens with two attached hydrogens (primary N) is 1. The molecule has 0 aliphatic heterocycles. The minimum atomic E-state index is -0.699. The Morgan fingerprint density at radius 2 is 2.15 bits per heavy atom. The summed E-state index contributed by atoms with van der Waals surface area (Å²) in [6.45, 7) is 0.402. The molecule has 0 radical (unpaired) electrons. The van der Waals surface area contributed by atoms with Crippen molar-refractivity contribution >= 4 is 33.1 Å². The zero-order chi connectivity index (χ0) is 18.8. The Balaban J connectivity index is 1.36. The van der Waals surface area contributed by atoms with E-state index < -0.39 is 6.09 Å². The molecule has 0 atom stereocenters. The number of primary amides is 1. The summed E-state index contributed by atoms with van der Waals surface area (Å²) in [4.78, 5) is 19.7. The summed E-state index contributed by atoms with van der Waals surface area (Å²) >= 11 is 3.47. The van der Waals surface area contributed by atoms with E-state index in [1.807, 2.05) is 35.3 Å². The van der Waals surface area contributed by atoms with Crippen molar-refractivity contribution in [2.24, 2.45) is 11.7 Å². The summed E-state index contributed by atoms with van der Waals surface area (Å²) in [5.41, 5.74) is 8.49. The van der Waals surface area contributed by atoms with E-state index in [4.69, 9.17) is 15.5 Å². The van der Waals surface area contributed by atoms with Crippen LogP contribution < -0.4 is 5.73 Å². The fraction of sp³-hybridized carbons (Fsp3) is 0.368. The van der Waals surface area contributed by atoms with Crippen LogP contribution in [0.5, 0.6) is 0 Å². The van der Waals surface area contributed by atoms with Crippen molar-refractivity contribution in [1.82, 2.24) is 19.7 Å². The Bertz CT molecular complexity index is 968. The Morgan fingerprint density at radius 3 is 2.96 bits per heavy atom. The van der Waals surface area contributed by atoms with Gasteiger partial charge in [0, 0.05) is 16.2 Å². The molecule has 8 heteroatoms. The van der Waals surface area contributed by atoms with E-state index >= 15 is 0 Å². The number of ether oxygens (including phenoxy) is 1. The Hall–Kier alpha value is -2.48. The predicted molar refractivity (Wildman–Crippen MR) is 105 cm³/mol. The smallest absolute Gasteiger partial charge is 0.404 e. The molecule has 1 fully saturated rings. The Morgan fingerprint density at radius 1 is 1.30 bits per heavy atom. The summed E-state index contributed by atoms with van der Waals surface area (Å²) < 4.78 is 7.78. The topological polar surface area (TPSA) is 95.9 Å². The number of carbonyl (C=O) groups excluding carboxylic acids is 1. The molecule has 2 N–H and O–H groups in total. The number of amides is 1. The monoisotopic (exact) mass is 429 g/mol. The van der Waals surface area contributed by atoms with Crippen LogP contribution in [-0.4, -0.2) is 32.4 Å². The molecule has 0 spiro atoms. The van der Waals surface area contributed by atoms with Crippen LogP contribution in [0.25, 0.3) is 22.3 Å². The summed E-state index contributed by atoms with van der Waals surface area (Å²) in [5.74, 6) is 0.650. The van der Waals surface area contributed by atoms with E-state index in [-0.39, 0.29) is 0 Å². The van der Waals surface area contributed by atoms with Crippen molar-refractivity contribution in [1.29, 1.82) is 0 Å². The molecule has 1 aliphatic carbocycles. The molecule has 3 aromatic rings. The molecular weight excluding hydrogens is 410 g/mol. The molecule has 7 nitrogen and oxygen atoms in total. The number of benzene rings is 1. The highest BCUT2D eigenvalue weighted by molar-refractivity contribution is 9.10. The maximum Gasteiger partial charge on any atom is 0.404 e. The van der Waals surface area contributed by atoms with E-state index in [9.17, 15) is 4.79 Å². The van der Waals surface area contributed by atoms with Gasteiger partial charge in [0.05, 0.1) is 41.8 Å². The Labute approximate surface area is 165 Å². The normalized spacial score (nSPS) is 19.0. The van der Waals surface area contributed by atoms with Crippen LogP contribution in [0.1, 0.15) is 31.7 Å².